The van der Waals surface area contributed by atoms with Gasteiger partial charge in [0.2, 0.25) is 0 Å². The molecule has 2 aromatic carbocycles. The molecule has 0 radical (unpaired) electrons. The first-order valence-corrected chi connectivity index (χ1v) is 11.3. The van der Waals surface area contributed by atoms with Gasteiger partial charge in [-0.1, -0.05) is 17.3 Å². The van der Waals surface area contributed by atoms with Crippen molar-refractivity contribution < 1.29 is 27.2 Å². The number of hydrogen-bond acceptors (Lipinski definition) is 8. The zero-order valence-corrected chi connectivity index (χ0v) is 19.0. The van der Waals surface area contributed by atoms with Crippen molar-refractivity contribution in [3.8, 4) is 28.6 Å². The molecule has 0 amide bonds. The highest BCUT2D eigenvalue weighted by Crippen LogP contribution is 2.36. The molecule has 0 bridgehead atoms. The van der Waals surface area contributed by atoms with Crippen LogP contribution in [-0.4, -0.2) is 44.7 Å². The summed E-state index contributed by atoms with van der Waals surface area (Å²) in [5.41, 5.74) is 1.57. The Morgan fingerprint density at radius 1 is 0.970 bits per heavy atom. The lowest BCUT2D eigenvalue weighted by Crippen LogP contribution is -2.15. The van der Waals surface area contributed by atoms with E-state index in [1.54, 1.807) is 30.1 Å². The summed E-state index contributed by atoms with van der Waals surface area (Å²) in [5, 5.41) is 8.09. The van der Waals surface area contributed by atoms with Crippen LogP contribution in [0.25, 0.3) is 11.3 Å². The standard InChI is InChI=1S/C22H22N4O6S/c1-29-17-9-8-15(14-26-11-5-10-23-26)12-16(17)20-13-21(24-32-20)25-33(27,28)22-18(30-2)6-4-7-19(22)31-3/h4-13H,14H2,1-3H3,(H,24,25). The number of nitrogens with one attached hydrogen (secondary N) is 1. The van der Waals surface area contributed by atoms with Crippen LogP contribution in [0.3, 0.4) is 0 Å². The van der Waals surface area contributed by atoms with Crippen LogP contribution < -0.4 is 18.9 Å². The van der Waals surface area contributed by atoms with Crippen molar-refractivity contribution in [2.75, 3.05) is 26.1 Å². The van der Waals surface area contributed by atoms with Crippen molar-refractivity contribution in [3.05, 3.63) is 66.5 Å². The van der Waals surface area contributed by atoms with Crippen LogP contribution in [0, 0.1) is 0 Å². The largest absolute Gasteiger partial charge is 0.496 e. The molecule has 11 heteroatoms. The molecule has 4 aromatic rings. The molecule has 2 aromatic heterocycles. The molecule has 0 aliphatic rings. The Labute approximate surface area is 190 Å². The van der Waals surface area contributed by atoms with E-state index in [1.807, 2.05) is 24.4 Å². The van der Waals surface area contributed by atoms with E-state index >= 15 is 0 Å². The maximum Gasteiger partial charge on any atom is 0.270 e. The predicted molar refractivity (Wildman–Crippen MR) is 120 cm³/mol. The number of ether oxygens (including phenoxy) is 3. The van der Waals surface area contributed by atoms with E-state index in [0.717, 1.165) is 5.56 Å². The van der Waals surface area contributed by atoms with Crippen molar-refractivity contribution >= 4 is 15.8 Å². The average molecular weight is 471 g/mol. The van der Waals surface area contributed by atoms with Crippen LogP contribution in [0.1, 0.15) is 5.56 Å². The van der Waals surface area contributed by atoms with Crippen LogP contribution in [0.5, 0.6) is 17.2 Å². The summed E-state index contributed by atoms with van der Waals surface area (Å²) in [6.07, 6.45) is 3.56. The quantitative estimate of drug-likeness (QED) is 0.395. The Morgan fingerprint density at radius 3 is 2.33 bits per heavy atom. The molecular weight excluding hydrogens is 448 g/mol. The third-order valence-electron chi connectivity index (χ3n) is 4.83. The molecule has 0 aliphatic carbocycles. The fourth-order valence-electron chi connectivity index (χ4n) is 3.35. The maximum absolute atomic E-state index is 13.1. The molecule has 10 nitrogen and oxygen atoms in total. The van der Waals surface area contributed by atoms with Crippen molar-refractivity contribution in [2.45, 2.75) is 11.4 Å². The second-order valence-corrected chi connectivity index (χ2v) is 8.53. The summed E-state index contributed by atoms with van der Waals surface area (Å²) in [6.45, 7) is 0.547. The minimum Gasteiger partial charge on any atom is -0.496 e. The zero-order chi connectivity index (χ0) is 23.4. The third-order valence-corrected chi connectivity index (χ3v) is 6.25. The smallest absolute Gasteiger partial charge is 0.270 e. The molecule has 0 unspecified atom stereocenters. The minimum absolute atomic E-state index is 0.00232. The fraction of sp³-hybridized carbons (Fsp3) is 0.182. The summed E-state index contributed by atoms with van der Waals surface area (Å²) >= 11 is 0. The Kier molecular flexibility index (Phi) is 6.22. The Morgan fingerprint density at radius 2 is 1.70 bits per heavy atom. The molecule has 2 heterocycles. The van der Waals surface area contributed by atoms with Gasteiger partial charge in [-0.2, -0.15) is 5.10 Å². The van der Waals surface area contributed by atoms with Crippen LogP contribution in [-0.2, 0) is 16.6 Å². The second kappa shape index (κ2) is 9.25. The molecular formula is C22H22N4O6S. The number of benzene rings is 2. The monoisotopic (exact) mass is 470 g/mol. The summed E-state index contributed by atoms with van der Waals surface area (Å²) in [5.74, 6) is 1.16. The van der Waals surface area contributed by atoms with Gasteiger partial charge < -0.3 is 18.7 Å². The first-order chi connectivity index (χ1) is 15.9. The highest BCUT2D eigenvalue weighted by molar-refractivity contribution is 7.93. The molecule has 0 atom stereocenters. The van der Waals surface area contributed by atoms with E-state index in [1.165, 1.54) is 32.4 Å². The van der Waals surface area contributed by atoms with E-state index in [2.05, 4.69) is 15.0 Å². The molecule has 1 N–H and O–H groups in total. The molecule has 4 rings (SSSR count). The molecule has 0 spiro atoms. The van der Waals surface area contributed by atoms with Crippen LogP contribution in [0.2, 0.25) is 0 Å². The molecule has 33 heavy (non-hydrogen) atoms. The van der Waals surface area contributed by atoms with Gasteiger partial charge in [-0.05, 0) is 35.9 Å². The number of aromatic nitrogens is 3. The molecule has 0 saturated carbocycles. The number of anilines is 1. The number of sulfonamides is 1. The summed E-state index contributed by atoms with van der Waals surface area (Å²) in [7, 11) is 0.209. The zero-order valence-electron chi connectivity index (χ0n) is 18.2. The topological polar surface area (TPSA) is 118 Å². The van der Waals surface area contributed by atoms with E-state index < -0.39 is 10.0 Å². The van der Waals surface area contributed by atoms with E-state index in [4.69, 9.17) is 18.7 Å². The predicted octanol–water partition coefficient (Wildman–Crippen LogP) is 3.41. The SMILES string of the molecule is COc1ccc(Cn2cccn2)cc1-c1cc(NS(=O)(=O)c2c(OC)cccc2OC)no1. The number of methoxy groups -OCH3 is 3. The van der Waals surface area contributed by atoms with Crippen LogP contribution in [0.4, 0.5) is 5.82 Å². The lowest BCUT2D eigenvalue weighted by Gasteiger charge is -2.13. The Balaban J connectivity index is 1.65. The lowest BCUT2D eigenvalue weighted by atomic mass is 10.1. The van der Waals surface area contributed by atoms with Gasteiger partial charge in [0.25, 0.3) is 10.0 Å². The van der Waals surface area contributed by atoms with Crippen LogP contribution in [0.15, 0.2) is 70.3 Å². The number of nitrogens with zero attached hydrogens (tertiary/aromatic N) is 3. The summed E-state index contributed by atoms with van der Waals surface area (Å²) in [4.78, 5) is -0.140. The van der Waals surface area contributed by atoms with Crippen molar-refractivity contribution in [2.24, 2.45) is 0 Å². The van der Waals surface area contributed by atoms with Gasteiger partial charge in [-0.25, -0.2) is 8.42 Å². The molecule has 0 fully saturated rings. The van der Waals surface area contributed by atoms with Crippen molar-refractivity contribution in [3.63, 3.8) is 0 Å². The lowest BCUT2D eigenvalue weighted by molar-refractivity contribution is 0.373. The Hall–Kier alpha value is -3.99. The van der Waals surface area contributed by atoms with Gasteiger partial charge in [0.05, 0.1) is 33.4 Å². The maximum atomic E-state index is 13.1. The van der Waals surface area contributed by atoms with E-state index in [0.29, 0.717) is 23.6 Å². The normalized spacial score (nSPS) is 11.2. The fourth-order valence-corrected chi connectivity index (χ4v) is 4.65. The summed E-state index contributed by atoms with van der Waals surface area (Å²) < 4.78 is 51.6. The van der Waals surface area contributed by atoms with Crippen molar-refractivity contribution in [1.29, 1.82) is 0 Å². The average Bonchev–Trinajstić information content (AvgIpc) is 3.50. The highest BCUT2D eigenvalue weighted by atomic mass is 32.2. The second-order valence-electron chi connectivity index (χ2n) is 6.91. The van der Waals surface area contributed by atoms with Gasteiger partial charge in [0, 0.05) is 18.5 Å². The van der Waals surface area contributed by atoms with Gasteiger partial charge in [0.15, 0.2) is 16.5 Å². The highest BCUT2D eigenvalue weighted by Gasteiger charge is 2.26. The molecule has 0 saturated heterocycles. The van der Waals surface area contributed by atoms with Gasteiger partial charge in [-0.15, -0.1) is 0 Å². The van der Waals surface area contributed by atoms with E-state index in [-0.39, 0.29) is 22.2 Å². The van der Waals surface area contributed by atoms with Gasteiger partial charge >= 0.3 is 0 Å². The van der Waals surface area contributed by atoms with Gasteiger partial charge in [-0.3, -0.25) is 9.40 Å². The Bertz CT molecular complexity index is 1330. The van der Waals surface area contributed by atoms with Gasteiger partial charge in [0.1, 0.15) is 17.2 Å². The van der Waals surface area contributed by atoms with Crippen LogP contribution >= 0.6 is 0 Å². The first kappa shape index (κ1) is 22.2. The third kappa shape index (κ3) is 4.62. The summed E-state index contributed by atoms with van der Waals surface area (Å²) in [6, 6.07) is 13.6. The number of hydrogen-bond donors (Lipinski definition) is 1. The molecule has 0 aliphatic heterocycles. The molecule has 172 valence electrons. The van der Waals surface area contributed by atoms with E-state index in [9.17, 15) is 8.42 Å². The minimum atomic E-state index is -4.09. The van der Waals surface area contributed by atoms with Crippen molar-refractivity contribution in [1.82, 2.24) is 14.9 Å². The number of rotatable bonds is 9. The first-order valence-electron chi connectivity index (χ1n) is 9.80.